The lowest BCUT2D eigenvalue weighted by molar-refractivity contribution is -0.148. The molecule has 142 valence electrons. The van der Waals surface area contributed by atoms with Crippen molar-refractivity contribution in [1.82, 2.24) is 0 Å². The van der Waals surface area contributed by atoms with Crippen molar-refractivity contribution in [3.63, 3.8) is 0 Å². The van der Waals surface area contributed by atoms with Gasteiger partial charge in [0.15, 0.2) is 22.7 Å². The van der Waals surface area contributed by atoms with Crippen LogP contribution in [0.4, 0.5) is 0 Å². The molecular weight excluding hydrogens is 364 g/mol. The molecule has 0 bridgehead atoms. The first-order valence-corrected chi connectivity index (χ1v) is 19.0. The molecule has 0 aliphatic carbocycles. The molecular formula is C18H34O4Si3. The summed E-state index contributed by atoms with van der Waals surface area (Å²) in [6.45, 7) is 18.6. The highest BCUT2D eigenvalue weighted by Crippen LogP contribution is 2.30. The summed E-state index contributed by atoms with van der Waals surface area (Å²) in [6.07, 6.45) is -1.17. The summed E-state index contributed by atoms with van der Waals surface area (Å²) in [5.74, 6) is -0.298. The number of rotatable bonds is 8. The Hall–Kier alpha value is -0.739. The van der Waals surface area contributed by atoms with Crippen LogP contribution in [0.2, 0.25) is 58.9 Å². The predicted molar refractivity (Wildman–Crippen MR) is 111 cm³/mol. The lowest BCUT2D eigenvalue weighted by Gasteiger charge is -2.36. The van der Waals surface area contributed by atoms with Gasteiger partial charge in [0.2, 0.25) is 8.32 Å². The Morgan fingerprint density at radius 3 is 1.64 bits per heavy atom. The molecule has 1 rings (SSSR count). The fourth-order valence-electron chi connectivity index (χ4n) is 2.30. The van der Waals surface area contributed by atoms with Gasteiger partial charge in [-0.25, -0.2) is 0 Å². The van der Waals surface area contributed by atoms with E-state index in [1.807, 2.05) is 50.0 Å². The molecule has 7 heteroatoms. The van der Waals surface area contributed by atoms with Crippen LogP contribution in [0.25, 0.3) is 0 Å². The van der Waals surface area contributed by atoms with E-state index in [2.05, 4.69) is 39.3 Å². The molecule has 1 aromatic rings. The minimum atomic E-state index is -2.02. The van der Waals surface area contributed by atoms with E-state index in [0.717, 1.165) is 5.56 Å². The van der Waals surface area contributed by atoms with Crippen LogP contribution in [0.5, 0.6) is 0 Å². The highest BCUT2D eigenvalue weighted by molar-refractivity contribution is 6.72. The predicted octanol–water partition coefficient (Wildman–Crippen LogP) is 5.18. The summed E-state index contributed by atoms with van der Waals surface area (Å²) in [7, 11) is -5.91. The van der Waals surface area contributed by atoms with Crippen LogP contribution in [0.3, 0.4) is 0 Å². The summed E-state index contributed by atoms with van der Waals surface area (Å²) < 4.78 is 18.5. The summed E-state index contributed by atoms with van der Waals surface area (Å²) in [6, 6.07) is 9.88. The maximum absolute atomic E-state index is 13.0. The lowest BCUT2D eigenvalue weighted by atomic mass is 10.1. The molecule has 0 radical (unpaired) electrons. The molecule has 1 aromatic carbocycles. The van der Waals surface area contributed by atoms with E-state index >= 15 is 0 Å². The zero-order valence-corrected chi connectivity index (χ0v) is 20.2. The molecule has 4 nitrogen and oxygen atoms in total. The molecule has 25 heavy (non-hydrogen) atoms. The molecule has 0 aromatic heterocycles. The van der Waals surface area contributed by atoms with Crippen LogP contribution in [0.1, 0.15) is 11.7 Å². The van der Waals surface area contributed by atoms with E-state index in [4.69, 9.17) is 13.3 Å². The van der Waals surface area contributed by atoms with Gasteiger partial charge in [0.25, 0.3) is 0 Å². The van der Waals surface area contributed by atoms with Gasteiger partial charge in [0.05, 0.1) is 0 Å². The molecule has 0 heterocycles. The van der Waals surface area contributed by atoms with Crippen LogP contribution in [0.15, 0.2) is 30.3 Å². The Bertz CT molecular complexity index is 556. The maximum Gasteiger partial charge on any atom is 0.323 e. The molecule has 0 saturated heterocycles. The summed E-state index contributed by atoms with van der Waals surface area (Å²) >= 11 is 0. The molecule has 0 aliphatic heterocycles. The molecule has 0 N–H and O–H groups in total. The number of carbonyl (C=O) groups is 1. The van der Waals surface area contributed by atoms with Gasteiger partial charge in [0, 0.05) is 0 Å². The van der Waals surface area contributed by atoms with E-state index in [1.165, 1.54) is 0 Å². The largest absolute Gasteiger partial charge is 0.518 e. The Kier molecular flexibility index (Phi) is 7.41. The van der Waals surface area contributed by atoms with Crippen LogP contribution >= 0.6 is 0 Å². The lowest BCUT2D eigenvalue weighted by Crippen LogP contribution is -2.47. The van der Waals surface area contributed by atoms with Crippen molar-refractivity contribution in [1.29, 1.82) is 0 Å². The zero-order valence-electron chi connectivity index (χ0n) is 17.2. The van der Waals surface area contributed by atoms with Gasteiger partial charge in [-0.15, -0.1) is 0 Å². The summed E-state index contributed by atoms with van der Waals surface area (Å²) in [5.41, 5.74) is 0.959. The Balaban J connectivity index is 3.29. The molecule has 0 amide bonds. The van der Waals surface area contributed by atoms with E-state index in [-0.39, 0.29) is 5.97 Å². The second-order valence-corrected chi connectivity index (χ2v) is 22.6. The number of hydrogen-bond acceptors (Lipinski definition) is 4. The van der Waals surface area contributed by atoms with Crippen molar-refractivity contribution in [2.45, 2.75) is 71.1 Å². The van der Waals surface area contributed by atoms with Crippen molar-refractivity contribution >= 4 is 30.9 Å². The minimum absolute atomic E-state index is 0.298. The van der Waals surface area contributed by atoms with E-state index in [9.17, 15) is 4.79 Å². The fourth-order valence-corrected chi connectivity index (χ4v) is 5.03. The second kappa shape index (κ2) is 8.30. The third-order valence-electron chi connectivity index (χ3n) is 3.00. The average Bonchev–Trinajstić information content (AvgIpc) is 2.39. The van der Waals surface area contributed by atoms with Gasteiger partial charge in [0.1, 0.15) is 6.10 Å². The second-order valence-electron chi connectivity index (χ2n) is 9.25. The Labute approximate surface area is 156 Å². The zero-order chi connectivity index (χ0) is 19.5. The smallest absolute Gasteiger partial charge is 0.323 e. The average molecular weight is 399 g/mol. The SMILES string of the molecule is C[Si](C)(C)OC(=O)[C@@H](O[Si](C)(C)C)[C@H](O[Si](C)(C)C)c1ccccc1. The Morgan fingerprint density at radius 1 is 0.760 bits per heavy atom. The highest BCUT2D eigenvalue weighted by Gasteiger charge is 2.40. The van der Waals surface area contributed by atoms with Crippen molar-refractivity contribution in [3.05, 3.63) is 35.9 Å². The van der Waals surface area contributed by atoms with Crippen LogP contribution in [-0.4, -0.2) is 37.0 Å². The standard InChI is InChI=1S/C18H34O4Si3/c1-23(2,3)20-16(15-13-11-10-12-14-15)17(21-24(4,5)6)18(19)22-25(7,8)9/h10-14,16-17H,1-9H3/t16-,17+/m1/s1. The number of benzene rings is 1. The molecule has 0 spiro atoms. The van der Waals surface area contributed by atoms with Gasteiger partial charge in [-0.05, 0) is 64.5 Å². The first-order valence-electron chi connectivity index (χ1n) is 8.81. The molecule has 0 fully saturated rings. The normalized spacial score (nSPS) is 15.6. The van der Waals surface area contributed by atoms with Crippen molar-refractivity contribution < 1.29 is 18.1 Å². The Morgan fingerprint density at radius 2 is 1.24 bits per heavy atom. The monoisotopic (exact) mass is 398 g/mol. The van der Waals surface area contributed by atoms with Gasteiger partial charge < -0.3 is 13.3 Å². The van der Waals surface area contributed by atoms with Gasteiger partial charge in [-0.3, -0.25) is 4.79 Å². The molecule has 0 unspecified atom stereocenters. The van der Waals surface area contributed by atoms with Gasteiger partial charge >= 0.3 is 5.97 Å². The van der Waals surface area contributed by atoms with Crippen LogP contribution in [0, 0.1) is 0 Å². The van der Waals surface area contributed by atoms with Crippen LogP contribution in [-0.2, 0) is 18.1 Å². The molecule has 0 aliphatic rings. The number of carbonyl (C=O) groups excluding carboxylic acids is 1. The molecule has 0 saturated carbocycles. The van der Waals surface area contributed by atoms with Crippen LogP contribution < -0.4 is 0 Å². The maximum atomic E-state index is 13.0. The van der Waals surface area contributed by atoms with Gasteiger partial charge in [-0.1, -0.05) is 30.3 Å². The summed E-state index contributed by atoms with van der Waals surface area (Å²) in [5, 5.41) is 0. The molecule has 2 atom stereocenters. The third-order valence-corrected chi connectivity index (χ3v) is 5.74. The van der Waals surface area contributed by atoms with Crippen molar-refractivity contribution in [3.8, 4) is 0 Å². The van der Waals surface area contributed by atoms with E-state index < -0.39 is 37.2 Å². The highest BCUT2D eigenvalue weighted by atomic mass is 28.4. The number of hydrogen-bond donors (Lipinski definition) is 0. The van der Waals surface area contributed by atoms with Gasteiger partial charge in [-0.2, -0.15) is 0 Å². The van der Waals surface area contributed by atoms with E-state index in [1.54, 1.807) is 0 Å². The topological polar surface area (TPSA) is 44.8 Å². The first kappa shape index (κ1) is 22.3. The summed E-state index contributed by atoms with van der Waals surface area (Å²) in [4.78, 5) is 13.0. The van der Waals surface area contributed by atoms with E-state index in [0.29, 0.717) is 0 Å². The third kappa shape index (κ3) is 8.96. The first-order chi connectivity index (χ1) is 11.2. The van der Waals surface area contributed by atoms with Crippen molar-refractivity contribution in [2.75, 3.05) is 0 Å². The van der Waals surface area contributed by atoms with Crippen molar-refractivity contribution in [2.24, 2.45) is 0 Å². The minimum Gasteiger partial charge on any atom is -0.518 e. The fraction of sp³-hybridized carbons (Fsp3) is 0.611. The quantitative estimate of drug-likeness (QED) is 0.566.